The second kappa shape index (κ2) is 8.90. The Hall–Kier alpha value is -3.15. The molecule has 3 saturated carbocycles. The van der Waals surface area contributed by atoms with Crippen LogP contribution in [0.3, 0.4) is 0 Å². The molecule has 34 heavy (non-hydrogen) atoms. The molecule has 2 aromatic carbocycles. The molecule has 3 aliphatic rings. The highest BCUT2D eigenvalue weighted by atomic mass is 16.2. The van der Waals surface area contributed by atoms with E-state index in [1.807, 2.05) is 42.5 Å². The average molecular weight is 457 g/mol. The van der Waals surface area contributed by atoms with Gasteiger partial charge in [0.1, 0.15) is 5.82 Å². The van der Waals surface area contributed by atoms with E-state index in [1.54, 1.807) is 0 Å². The van der Waals surface area contributed by atoms with Crippen molar-refractivity contribution in [3.05, 3.63) is 48.0 Å². The number of carbonyl (C=O) groups excluding carboxylic acids is 2. The molecule has 1 aromatic heterocycles. The van der Waals surface area contributed by atoms with E-state index in [-0.39, 0.29) is 17.7 Å². The summed E-state index contributed by atoms with van der Waals surface area (Å²) in [7, 11) is 0. The Balaban J connectivity index is 1.13. The molecule has 6 heteroatoms. The van der Waals surface area contributed by atoms with Crippen LogP contribution < -0.4 is 10.6 Å². The van der Waals surface area contributed by atoms with Gasteiger partial charge in [-0.3, -0.25) is 9.59 Å². The first kappa shape index (κ1) is 21.4. The molecule has 2 amide bonds. The maximum atomic E-state index is 12.7. The summed E-state index contributed by atoms with van der Waals surface area (Å²) in [6.07, 6.45) is 10.5. The molecule has 0 aliphatic heterocycles. The number of nitrogens with one attached hydrogen (secondary N) is 3. The molecule has 0 radical (unpaired) electrons. The van der Waals surface area contributed by atoms with Crippen LogP contribution in [-0.4, -0.2) is 27.8 Å². The second-order valence-electron chi connectivity index (χ2n) is 10.5. The number of nitrogens with zero attached hydrogens (tertiary/aromatic N) is 1. The highest BCUT2D eigenvalue weighted by Crippen LogP contribution is 2.44. The molecule has 3 fully saturated rings. The van der Waals surface area contributed by atoms with Gasteiger partial charge in [0.05, 0.1) is 11.0 Å². The van der Waals surface area contributed by atoms with Crippen LogP contribution in [0.15, 0.2) is 42.5 Å². The minimum absolute atomic E-state index is 0.0204. The standard InChI is InChI=1S/C28H32N4O2/c33-27(19-4-2-1-3-5-19)29-22-12-13-23-25(16-22)31-26(30-23)18-8-10-20(11-9-18)28(34)32-24-15-17-6-7-21(24)14-17/h8-13,16-17,19,21,24H,1-7,14-15H2,(H,29,33)(H,30,31)(H,32,34). The molecule has 176 valence electrons. The van der Waals surface area contributed by atoms with Crippen LogP contribution in [0.4, 0.5) is 5.69 Å². The molecule has 2 bridgehead atoms. The van der Waals surface area contributed by atoms with Gasteiger partial charge in [-0.1, -0.05) is 37.8 Å². The third-order valence-corrected chi connectivity index (χ3v) is 8.20. The average Bonchev–Trinajstić information content (AvgIpc) is 3.60. The second-order valence-corrected chi connectivity index (χ2v) is 10.5. The van der Waals surface area contributed by atoms with Crippen LogP contribution in [0.25, 0.3) is 22.4 Å². The lowest BCUT2D eigenvalue weighted by molar-refractivity contribution is -0.120. The van der Waals surface area contributed by atoms with Crippen molar-refractivity contribution in [3.8, 4) is 11.4 Å². The van der Waals surface area contributed by atoms with Crippen LogP contribution in [0.2, 0.25) is 0 Å². The largest absolute Gasteiger partial charge is 0.349 e. The summed E-state index contributed by atoms with van der Waals surface area (Å²) >= 11 is 0. The smallest absolute Gasteiger partial charge is 0.251 e. The Labute approximate surface area is 199 Å². The summed E-state index contributed by atoms with van der Waals surface area (Å²) in [5, 5.41) is 6.34. The summed E-state index contributed by atoms with van der Waals surface area (Å²) in [5.41, 5.74) is 4.15. The van der Waals surface area contributed by atoms with Gasteiger partial charge in [-0.05, 0) is 74.3 Å². The number of anilines is 1. The van der Waals surface area contributed by atoms with E-state index in [0.717, 1.165) is 66.1 Å². The lowest BCUT2D eigenvalue weighted by Gasteiger charge is -2.22. The molecule has 3 atom stereocenters. The summed E-state index contributed by atoms with van der Waals surface area (Å²) in [5.74, 6) is 2.50. The van der Waals surface area contributed by atoms with Crippen molar-refractivity contribution in [3.63, 3.8) is 0 Å². The van der Waals surface area contributed by atoms with Gasteiger partial charge in [0, 0.05) is 28.8 Å². The molecule has 3 N–H and O–H groups in total. The van der Waals surface area contributed by atoms with Crippen molar-refractivity contribution in [2.24, 2.45) is 17.8 Å². The summed E-state index contributed by atoms with van der Waals surface area (Å²) < 4.78 is 0. The van der Waals surface area contributed by atoms with Gasteiger partial charge >= 0.3 is 0 Å². The van der Waals surface area contributed by atoms with Crippen LogP contribution in [0.5, 0.6) is 0 Å². The Morgan fingerprint density at radius 2 is 1.74 bits per heavy atom. The number of hydrogen-bond donors (Lipinski definition) is 3. The molecule has 6 nitrogen and oxygen atoms in total. The molecule has 3 aliphatic carbocycles. The van der Waals surface area contributed by atoms with Gasteiger partial charge in [-0.15, -0.1) is 0 Å². The fourth-order valence-electron chi connectivity index (χ4n) is 6.29. The van der Waals surface area contributed by atoms with Gasteiger partial charge in [-0.2, -0.15) is 0 Å². The van der Waals surface area contributed by atoms with Gasteiger partial charge in [0.2, 0.25) is 5.91 Å². The molecular formula is C28H32N4O2. The summed E-state index contributed by atoms with van der Waals surface area (Å²) in [4.78, 5) is 33.4. The van der Waals surface area contributed by atoms with Crippen molar-refractivity contribution >= 4 is 28.5 Å². The monoisotopic (exact) mass is 456 g/mol. The van der Waals surface area contributed by atoms with E-state index in [4.69, 9.17) is 4.98 Å². The fourth-order valence-corrected chi connectivity index (χ4v) is 6.29. The fraction of sp³-hybridized carbons (Fsp3) is 0.464. The first-order valence-corrected chi connectivity index (χ1v) is 12.8. The zero-order valence-corrected chi connectivity index (χ0v) is 19.5. The molecule has 0 saturated heterocycles. The Kier molecular flexibility index (Phi) is 5.60. The summed E-state index contributed by atoms with van der Waals surface area (Å²) in [6, 6.07) is 13.8. The Morgan fingerprint density at radius 3 is 2.47 bits per heavy atom. The van der Waals surface area contributed by atoms with E-state index in [9.17, 15) is 9.59 Å². The van der Waals surface area contributed by atoms with Gasteiger partial charge in [0.15, 0.2) is 0 Å². The predicted molar refractivity (Wildman–Crippen MR) is 133 cm³/mol. The first-order valence-electron chi connectivity index (χ1n) is 12.8. The summed E-state index contributed by atoms with van der Waals surface area (Å²) in [6.45, 7) is 0. The number of imidazole rings is 1. The van der Waals surface area contributed by atoms with Crippen LogP contribution >= 0.6 is 0 Å². The normalized spacial score (nSPS) is 24.4. The minimum atomic E-state index is 0.0204. The molecule has 3 aromatic rings. The maximum absolute atomic E-state index is 12.7. The topological polar surface area (TPSA) is 86.9 Å². The lowest BCUT2D eigenvalue weighted by Crippen LogP contribution is -2.38. The van der Waals surface area contributed by atoms with E-state index >= 15 is 0 Å². The number of aromatic nitrogens is 2. The van der Waals surface area contributed by atoms with E-state index in [2.05, 4.69) is 15.6 Å². The van der Waals surface area contributed by atoms with Crippen LogP contribution in [0.1, 0.15) is 68.1 Å². The number of amides is 2. The van der Waals surface area contributed by atoms with E-state index in [1.165, 1.54) is 25.7 Å². The van der Waals surface area contributed by atoms with Crippen molar-refractivity contribution in [2.45, 2.75) is 63.8 Å². The highest BCUT2D eigenvalue weighted by Gasteiger charge is 2.40. The van der Waals surface area contributed by atoms with E-state index < -0.39 is 0 Å². The molecular weight excluding hydrogens is 424 g/mol. The molecule has 0 spiro atoms. The zero-order valence-electron chi connectivity index (χ0n) is 19.5. The maximum Gasteiger partial charge on any atom is 0.251 e. The molecule has 3 unspecified atom stereocenters. The van der Waals surface area contributed by atoms with Crippen molar-refractivity contribution < 1.29 is 9.59 Å². The van der Waals surface area contributed by atoms with Gasteiger partial charge in [-0.25, -0.2) is 4.98 Å². The van der Waals surface area contributed by atoms with Crippen molar-refractivity contribution in [1.82, 2.24) is 15.3 Å². The number of rotatable bonds is 5. The number of fused-ring (bicyclic) bond motifs is 3. The van der Waals surface area contributed by atoms with Gasteiger partial charge < -0.3 is 15.6 Å². The van der Waals surface area contributed by atoms with Crippen molar-refractivity contribution in [1.29, 1.82) is 0 Å². The Bertz CT molecular complexity index is 1210. The number of carbonyl (C=O) groups is 2. The Morgan fingerprint density at radius 1 is 0.912 bits per heavy atom. The zero-order chi connectivity index (χ0) is 23.1. The minimum Gasteiger partial charge on any atom is -0.349 e. The van der Waals surface area contributed by atoms with Gasteiger partial charge in [0.25, 0.3) is 5.91 Å². The third kappa shape index (κ3) is 4.22. The highest BCUT2D eigenvalue weighted by molar-refractivity contribution is 5.96. The first-order chi connectivity index (χ1) is 16.6. The molecule has 1 heterocycles. The SMILES string of the molecule is O=C(NC1CC2CCC1C2)c1ccc(-c2nc3ccc(NC(=O)C4CCCCC4)cc3[nH]2)cc1. The third-order valence-electron chi connectivity index (χ3n) is 8.20. The van der Waals surface area contributed by atoms with E-state index in [0.29, 0.717) is 17.5 Å². The lowest BCUT2D eigenvalue weighted by atomic mass is 9.88. The molecule has 6 rings (SSSR count). The van der Waals surface area contributed by atoms with Crippen LogP contribution in [0, 0.1) is 17.8 Å². The van der Waals surface area contributed by atoms with Crippen LogP contribution in [-0.2, 0) is 4.79 Å². The number of benzene rings is 2. The quantitative estimate of drug-likeness (QED) is 0.462. The van der Waals surface area contributed by atoms with Crippen molar-refractivity contribution in [2.75, 3.05) is 5.32 Å². The predicted octanol–water partition coefficient (Wildman–Crippen LogP) is 5.67. The number of H-pyrrole nitrogens is 1. The number of aromatic amines is 1. The number of hydrogen-bond acceptors (Lipinski definition) is 3.